The fourth-order valence-corrected chi connectivity index (χ4v) is 2.24. The summed E-state index contributed by atoms with van der Waals surface area (Å²) in [6.07, 6.45) is 1.78. The summed E-state index contributed by atoms with van der Waals surface area (Å²) in [6.45, 7) is 2.86. The molecule has 7 heteroatoms. The fourth-order valence-electron chi connectivity index (χ4n) is 1.90. The number of aromatic nitrogens is 3. The van der Waals surface area contributed by atoms with Crippen molar-refractivity contribution in [3.05, 3.63) is 22.8 Å². The minimum absolute atomic E-state index is 0.230. The summed E-state index contributed by atoms with van der Waals surface area (Å²) in [6, 6.07) is 1.49. The maximum atomic E-state index is 13.8. The van der Waals surface area contributed by atoms with Crippen LogP contribution in [0.5, 0.6) is 0 Å². The lowest BCUT2D eigenvalue weighted by atomic mass is 10.3. The average molecular weight is 301 g/mol. The van der Waals surface area contributed by atoms with Gasteiger partial charge in [0.25, 0.3) is 0 Å². The maximum absolute atomic E-state index is 13.8. The first-order valence-electron chi connectivity index (χ1n) is 5.28. The van der Waals surface area contributed by atoms with E-state index in [9.17, 15) is 4.39 Å². The first-order chi connectivity index (χ1) is 8.24. The molecule has 17 heavy (non-hydrogen) atoms. The Morgan fingerprint density at radius 1 is 1.35 bits per heavy atom. The fraction of sp³-hybridized carbons (Fsp3) is 0.400. The van der Waals surface area contributed by atoms with E-state index in [1.165, 1.54) is 10.6 Å². The summed E-state index contributed by atoms with van der Waals surface area (Å²) >= 11 is 3.14. The van der Waals surface area contributed by atoms with Crippen LogP contribution in [0.2, 0.25) is 0 Å². The monoisotopic (exact) mass is 300 g/mol. The van der Waals surface area contributed by atoms with Crippen LogP contribution >= 0.6 is 15.9 Å². The van der Waals surface area contributed by atoms with Crippen LogP contribution in [-0.2, 0) is 4.74 Å². The van der Waals surface area contributed by atoms with Crippen molar-refractivity contribution in [3.8, 4) is 0 Å². The summed E-state index contributed by atoms with van der Waals surface area (Å²) in [5, 5.41) is 4.05. The second-order valence-corrected chi connectivity index (χ2v) is 4.50. The molecule has 0 spiro atoms. The van der Waals surface area contributed by atoms with Gasteiger partial charge in [0.1, 0.15) is 0 Å². The molecule has 3 heterocycles. The Labute approximate surface area is 105 Å². The third-order valence-electron chi connectivity index (χ3n) is 2.72. The Hall–Kier alpha value is -1.21. The summed E-state index contributed by atoms with van der Waals surface area (Å²) in [7, 11) is 0. The summed E-state index contributed by atoms with van der Waals surface area (Å²) in [4.78, 5) is 6.02. The third-order valence-corrected chi connectivity index (χ3v) is 3.06. The van der Waals surface area contributed by atoms with Gasteiger partial charge in [-0.2, -0.15) is 4.98 Å². The van der Waals surface area contributed by atoms with E-state index < -0.39 is 0 Å². The zero-order valence-electron chi connectivity index (χ0n) is 8.94. The Balaban J connectivity index is 2.04. The van der Waals surface area contributed by atoms with E-state index in [4.69, 9.17) is 4.74 Å². The molecule has 2 aromatic heterocycles. The molecule has 90 valence electrons. The minimum Gasteiger partial charge on any atom is -0.378 e. The molecular formula is C10H10BrFN4O. The van der Waals surface area contributed by atoms with E-state index in [-0.39, 0.29) is 11.5 Å². The zero-order valence-corrected chi connectivity index (χ0v) is 10.5. The maximum Gasteiger partial charge on any atom is 0.218 e. The van der Waals surface area contributed by atoms with Gasteiger partial charge in [-0.15, -0.1) is 5.10 Å². The van der Waals surface area contributed by atoms with Crippen LogP contribution < -0.4 is 4.90 Å². The van der Waals surface area contributed by atoms with Gasteiger partial charge in [-0.3, -0.25) is 0 Å². The average Bonchev–Trinajstić information content (AvgIpc) is 2.71. The molecule has 5 nitrogen and oxygen atoms in total. The van der Waals surface area contributed by atoms with Crippen LogP contribution in [0.3, 0.4) is 0 Å². The number of hydrogen-bond donors (Lipinski definition) is 0. The number of hydrogen-bond acceptors (Lipinski definition) is 4. The standard InChI is InChI=1S/C10H10BrFN4O/c11-10-13-9-8(12)5-7(6-16(9)14-10)15-1-3-17-4-2-15/h5-6H,1-4H2. The molecule has 0 atom stereocenters. The second-order valence-electron chi connectivity index (χ2n) is 3.79. The van der Waals surface area contributed by atoms with Crippen molar-refractivity contribution < 1.29 is 9.13 Å². The molecule has 0 bridgehead atoms. The van der Waals surface area contributed by atoms with Crippen molar-refractivity contribution in [2.45, 2.75) is 0 Å². The largest absolute Gasteiger partial charge is 0.378 e. The molecule has 2 aromatic rings. The van der Waals surface area contributed by atoms with Gasteiger partial charge in [-0.25, -0.2) is 8.91 Å². The molecule has 3 rings (SSSR count). The van der Waals surface area contributed by atoms with Crippen molar-refractivity contribution in [2.75, 3.05) is 31.2 Å². The van der Waals surface area contributed by atoms with Gasteiger partial charge in [-0.1, -0.05) is 0 Å². The third kappa shape index (κ3) is 2.00. The van der Waals surface area contributed by atoms with Crippen LogP contribution in [0.4, 0.5) is 10.1 Å². The van der Waals surface area contributed by atoms with E-state index in [1.807, 2.05) is 0 Å². The highest BCUT2D eigenvalue weighted by Gasteiger charge is 2.15. The number of morpholine rings is 1. The van der Waals surface area contributed by atoms with Gasteiger partial charge in [0.15, 0.2) is 11.5 Å². The SMILES string of the molecule is Fc1cc(N2CCOCC2)cn2nc(Br)nc12. The molecule has 1 aliphatic heterocycles. The lowest BCUT2D eigenvalue weighted by Crippen LogP contribution is -2.36. The van der Waals surface area contributed by atoms with Crippen molar-refractivity contribution in [3.63, 3.8) is 0 Å². The normalized spacial score (nSPS) is 16.7. The smallest absolute Gasteiger partial charge is 0.218 e. The number of pyridine rings is 1. The van der Waals surface area contributed by atoms with Gasteiger partial charge in [-0.05, 0) is 15.9 Å². The molecule has 0 radical (unpaired) electrons. The number of rotatable bonds is 1. The summed E-state index contributed by atoms with van der Waals surface area (Å²) < 4.78 is 20.9. The van der Waals surface area contributed by atoms with Gasteiger partial charge < -0.3 is 9.64 Å². The van der Waals surface area contributed by atoms with E-state index in [0.717, 1.165) is 18.8 Å². The van der Waals surface area contributed by atoms with Crippen LogP contribution in [-0.4, -0.2) is 40.9 Å². The highest BCUT2D eigenvalue weighted by molar-refractivity contribution is 9.10. The molecule has 1 fully saturated rings. The van der Waals surface area contributed by atoms with E-state index >= 15 is 0 Å². The summed E-state index contributed by atoms with van der Waals surface area (Å²) in [5.74, 6) is -0.368. The van der Waals surface area contributed by atoms with Crippen molar-refractivity contribution >= 4 is 27.3 Å². The van der Waals surface area contributed by atoms with E-state index in [1.54, 1.807) is 6.20 Å². The lowest BCUT2D eigenvalue weighted by Gasteiger charge is -2.28. The second kappa shape index (κ2) is 4.23. The Morgan fingerprint density at radius 2 is 2.12 bits per heavy atom. The zero-order chi connectivity index (χ0) is 11.8. The molecular weight excluding hydrogens is 291 g/mol. The molecule has 1 saturated heterocycles. The number of nitrogens with zero attached hydrogens (tertiary/aromatic N) is 4. The predicted molar refractivity (Wildman–Crippen MR) is 63.7 cm³/mol. The van der Waals surface area contributed by atoms with Crippen LogP contribution in [0, 0.1) is 5.82 Å². The molecule has 1 aliphatic rings. The highest BCUT2D eigenvalue weighted by Crippen LogP contribution is 2.20. The Kier molecular flexibility index (Phi) is 2.71. The molecule has 0 amide bonds. The molecule has 0 aliphatic carbocycles. The van der Waals surface area contributed by atoms with Gasteiger partial charge in [0, 0.05) is 19.2 Å². The number of anilines is 1. The van der Waals surface area contributed by atoms with Crippen LogP contribution in [0.25, 0.3) is 5.65 Å². The number of ether oxygens (including phenoxy) is 1. The molecule has 0 saturated carbocycles. The minimum atomic E-state index is -0.368. The van der Waals surface area contributed by atoms with Crippen molar-refractivity contribution in [2.24, 2.45) is 0 Å². The van der Waals surface area contributed by atoms with Gasteiger partial charge in [0.2, 0.25) is 4.73 Å². The summed E-state index contributed by atoms with van der Waals surface area (Å²) in [5.41, 5.74) is 1.03. The first-order valence-corrected chi connectivity index (χ1v) is 6.07. The Bertz CT molecular complexity index is 552. The van der Waals surface area contributed by atoms with Gasteiger partial charge in [0.05, 0.1) is 25.1 Å². The van der Waals surface area contributed by atoms with Gasteiger partial charge >= 0.3 is 0 Å². The number of halogens is 2. The quantitative estimate of drug-likeness (QED) is 0.800. The first kappa shape index (κ1) is 10.9. The lowest BCUT2D eigenvalue weighted by molar-refractivity contribution is 0.122. The predicted octanol–water partition coefficient (Wildman–Crippen LogP) is 1.47. The highest BCUT2D eigenvalue weighted by atomic mass is 79.9. The van der Waals surface area contributed by atoms with Crippen molar-refractivity contribution in [1.29, 1.82) is 0 Å². The van der Waals surface area contributed by atoms with Crippen LogP contribution in [0.1, 0.15) is 0 Å². The molecule has 0 unspecified atom stereocenters. The van der Waals surface area contributed by atoms with Crippen LogP contribution in [0.15, 0.2) is 17.0 Å². The topological polar surface area (TPSA) is 42.7 Å². The molecule has 0 N–H and O–H groups in total. The van der Waals surface area contributed by atoms with E-state index in [2.05, 4.69) is 30.9 Å². The van der Waals surface area contributed by atoms with Crippen molar-refractivity contribution in [1.82, 2.24) is 14.6 Å². The van der Waals surface area contributed by atoms with E-state index in [0.29, 0.717) is 17.9 Å². The Morgan fingerprint density at radius 3 is 2.88 bits per heavy atom. The molecule has 0 aromatic carbocycles. The number of fused-ring (bicyclic) bond motifs is 1.